The minimum atomic E-state index is 0.701. The van der Waals surface area contributed by atoms with Crippen LogP contribution in [0, 0.1) is 0 Å². The monoisotopic (exact) mass is 411 g/mol. The number of rotatable bonds is 10. The number of fused-ring (bicyclic) bond motifs is 1. The van der Waals surface area contributed by atoms with Gasteiger partial charge in [-0.15, -0.1) is 0 Å². The fraction of sp³-hybridized carbons (Fsp3) is 0.400. The molecule has 0 spiro atoms. The molecule has 1 heterocycles. The summed E-state index contributed by atoms with van der Waals surface area (Å²) in [5.41, 5.74) is 4.49. The van der Waals surface area contributed by atoms with E-state index in [1.807, 2.05) is 24.3 Å². The van der Waals surface area contributed by atoms with E-state index in [0.29, 0.717) is 6.61 Å². The number of ether oxygens (including phenoxy) is 2. The molecule has 2 aromatic rings. The molecule has 0 amide bonds. The number of hydrogen-bond acceptors (Lipinski definition) is 3. The third kappa shape index (κ3) is 6.11. The van der Waals surface area contributed by atoms with Crippen LogP contribution in [0.2, 0.25) is 5.02 Å². The topological polar surface area (TPSA) is 30.8 Å². The molecular formula is C25H30ClNO2. The molecule has 2 aromatic carbocycles. The Balaban J connectivity index is 1.85. The number of aliphatic imine (C=N–C) groups is 1. The van der Waals surface area contributed by atoms with Gasteiger partial charge in [-0.3, -0.25) is 4.99 Å². The van der Waals surface area contributed by atoms with E-state index in [0.717, 1.165) is 78.6 Å². The van der Waals surface area contributed by atoms with E-state index in [-0.39, 0.29) is 0 Å². The van der Waals surface area contributed by atoms with Gasteiger partial charge in [0.2, 0.25) is 0 Å². The molecule has 0 aliphatic carbocycles. The van der Waals surface area contributed by atoms with Crippen molar-refractivity contribution in [2.75, 3.05) is 19.8 Å². The molecule has 0 N–H and O–H groups in total. The molecule has 0 radical (unpaired) electrons. The molecule has 0 bridgehead atoms. The standard InChI is InChI=1S/C25H30ClNO2/c1-3-5-15-28-24-17-20-13-14-27-23(12-9-19-7-10-21(26)11-8-19)22(20)18-25(24)29-16-6-4-2/h7-12,17-18H,3-6,13-16H2,1-2H3. The van der Waals surface area contributed by atoms with Crippen LogP contribution in [0.4, 0.5) is 0 Å². The number of nitrogens with zero attached hydrogens (tertiary/aromatic N) is 1. The smallest absolute Gasteiger partial charge is 0.161 e. The number of hydrogen-bond donors (Lipinski definition) is 0. The Morgan fingerprint density at radius 3 is 2.24 bits per heavy atom. The van der Waals surface area contributed by atoms with E-state index in [1.54, 1.807) is 0 Å². The van der Waals surface area contributed by atoms with E-state index in [2.05, 4.69) is 38.1 Å². The Bertz CT molecular complexity index is 856. The fourth-order valence-corrected chi connectivity index (χ4v) is 3.33. The van der Waals surface area contributed by atoms with Gasteiger partial charge in [-0.2, -0.15) is 0 Å². The molecule has 0 aromatic heterocycles. The Labute approximate surface area is 179 Å². The average Bonchev–Trinajstić information content (AvgIpc) is 2.74. The first-order valence-corrected chi connectivity index (χ1v) is 11.0. The molecule has 0 atom stereocenters. The van der Waals surface area contributed by atoms with Crippen LogP contribution in [-0.2, 0) is 6.42 Å². The average molecular weight is 412 g/mol. The molecule has 0 saturated heterocycles. The van der Waals surface area contributed by atoms with Crippen molar-refractivity contribution >= 4 is 23.4 Å². The molecule has 3 nitrogen and oxygen atoms in total. The number of halogens is 1. The van der Waals surface area contributed by atoms with Crippen molar-refractivity contribution in [2.24, 2.45) is 4.99 Å². The second-order valence-electron chi connectivity index (χ2n) is 7.26. The second-order valence-corrected chi connectivity index (χ2v) is 7.70. The van der Waals surface area contributed by atoms with E-state index in [4.69, 9.17) is 26.1 Å². The summed E-state index contributed by atoms with van der Waals surface area (Å²) in [5.74, 6) is 1.68. The summed E-state index contributed by atoms with van der Waals surface area (Å²) < 4.78 is 12.1. The van der Waals surface area contributed by atoms with Crippen LogP contribution in [0.1, 0.15) is 56.2 Å². The molecule has 1 aliphatic rings. The van der Waals surface area contributed by atoms with Gasteiger partial charge in [0.25, 0.3) is 0 Å². The lowest BCUT2D eigenvalue weighted by Crippen LogP contribution is -2.13. The van der Waals surface area contributed by atoms with Crippen LogP contribution in [0.5, 0.6) is 11.5 Å². The molecule has 0 saturated carbocycles. The predicted molar refractivity (Wildman–Crippen MR) is 123 cm³/mol. The van der Waals surface area contributed by atoms with Crippen molar-refractivity contribution in [2.45, 2.75) is 46.0 Å². The highest BCUT2D eigenvalue weighted by molar-refractivity contribution is 6.30. The van der Waals surface area contributed by atoms with Crippen LogP contribution in [-0.4, -0.2) is 25.5 Å². The largest absolute Gasteiger partial charge is 0.490 e. The molecule has 4 heteroatoms. The maximum absolute atomic E-state index is 6.08. The lowest BCUT2D eigenvalue weighted by molar-refractivity contribution is 0.261. The van der Waals surface area contributed by atoms with Gasteiger partial charge in [0.1, 0.15) is 0 Å². The Kier molecular flexibility index (Phi) is 8.18. The van der Waals surface area contributed by atoms with Gasteiger partial charge < -0.3 is 9.47 Å². The lowest BCUT2D eigenvalue weighted by Gasteiger charge is -2.20. The maximum Gasteiger partial charge on any atom is 0.161 e. The van der Waals surface area contributed by atoms with Crippen LogP contribution < -0.4 is 9.47 Å². The van der Waals surface area contributed by atoms with E-state index < -0.39 is 0 Å². The van der Waals surface area contributed by atoms with Crippen molar-refractivity contribution in [3.05, 3.63) is 64.2 Å². The van der Waals surface area contributed by atoms with Gasteiger partial charge in [0, 0.05) is 17.1 Å². The van der Waals surface area contributed by atoms with E-state index in [1.165, 1.54) is 5.56 Å². The molecule has 154 valence electrons. The summed E-state index contributed by atoms with van der Waals surface area (Å²) in [6.07, 6.45) is 9.37. The normalized spacial score (nSPS) is 13.3. The van der Waals surface area contributed by atoms with Crippen molar-refractivity contribution in [3.8, 4) is 11.5 Å². The zero-order valence-corrected chi connectivity index (χ0v) is 18.2. The minimum absolute atomic E-state index is 0.701. The minimum Gasteiger partial charge on any atom is -0.490 e. The quantitative estimate of drug-likeness (QED) is 0.404. The Hall–Kier alpha value is -2.26. The molecule has 0 fully saturated rings. The highest BCUT2D eigenvalue weighted by atomic mass is 35.5. The zero-order chi connectivity index (χ0) is 20.5. The second kappa shape index (κ2) is 11.1. The maximum atomic E-state index is 6.08. The SMILES string of the molecule is CCCCOc1cc2c(cc1OCCCC)C(C=Cc1ccc(Cl)cc1)=NCC2. The summed E-state index contributed by atoms with van der Waals surface area (Å²) >= 11 is 5.98. The van der Waals surface area contributed by atoms with Crippen molar-refractivity contribution in [1.29, 1.82) is 0 Å². The van der Waals surface area contributed by atoms with Crippen molar-refractivity contribution < 1.29 is 9.47 Å². The number of benzene rings is 2. The first-order valence-electron chi connectivity index (χ1n) is 10.6. The van der Waals surface area contributed by atoms with Gasteiger partial charge >= 0.3 is 0 Å². The van der Waals surface area contributed by atoms with E-state index in [9.17, 15) is 0 Å². The van der Waals surface area contributed by atoms with Crippen LogP contribution >= 0.6 is 11.6 Å². The lowest BCUT2D eigenvalue weighted by atomic mass is 9.96. The molecule has 29 heavy (non-hydrogen) atoms. The number of unbranched alkanes of at least 4 members (excludes halogenated alkanes) is 2. The summed E-state index contributed by atoms with van der Waals surface area (Å²) in [4.78, 5) is 4.75. The van der Waals surface area contributed by atoms with Gasteiger partial charge in [0.05, 0.1) is 18.9 Å². The molecular weight excluding hydrogens is 382 g/mol. The third-order valence-electron chi connectivity index (χ3n) is 4.92. The molecule has 1 aliphatic heterocycles. The van der Waals surface area contributed by atoms with Crippen molar-refractivity contribution in [3.63, 3.8) is 0 Å². The third-order valence-corrected chi connectivity index (χ3v) is 5.18. The van der Waals surface area contributed by atoms with Gasteiger partial charge in [0.15, 0.2) is 11.5 Å². The summed E-state index contributed by atoms with van der Waals surface area (Å²) in [7, 11) is 0. The van der Waals surface area contributed by atoms with Crippen LogP contribution in [0.15, 0.2) is 47.5 Å². The summed E-state index contributed by atoms with van der Waals surface area (Å²) in [6, 6.07) is 12.1. The van der Waals surface area contributed by atoms with E-state index >= 15 is 0 Å². The molecule has 0 unspecified atom stereocenters. The number of allylic oxidation sites excluding steroid dienone is 1. The van der Waals surface area contributed by atoms with Crippen LogP contribution in [0.3, 0.4) is 0 Å². The first-order chi connectivity index (χ1) is 14.2. The zero-order valence-electron chi connectivity index (χ0n) is 17.4. The first kappa shape index (κ1) is 21.4. The summed E-state index contributed by atoms with van der Waals surface area (Å²) in [5, 5.41) is 0.743. The fourth-order valence-electron chi connectivity index (χ4n) is 3.20. The predicted octanol–water partition coefficient (Wildman–Crippen LogP) is 6.76. The summed E-state index contributed by atoms with van der Waals surface area (Å²) in [6.45, 7) is 6.55. The highest BCUT2D eigenvalue weighted by Crippen LogP contribution is 2.34. The van der Waals surface area contributed by atoms with Gasteiger partial charge in [-0.05, 0) is 60.7 Å². The Morgan fingerprint density at radius 2 is 1.59 bits per heavy atom. The van der Waals surface area contributed by atoms with Crippen LogP contribution in [0.25, 0.3) is 6.08 Å². The van der Waals surface area contributed by atoms with Gasteiger partial charge in [-0.25, -0.2) is 0 Å². The van der Waals surface area contributed by atoms with Gasteiger partial charge in [-0.1, -0.05) is 56.5 Å². The molecule has 3 rings (SSSR count). The van der Waals surface area contributed by atoms with Crippen molar-refractivity contribution in [1.82, 2.24) is 0 Å². The Morgan fingerprint density at radius 1 is 0.931 bits per heavy atom. The highest BCUT2D eigenvalue weighted by Gasteiger charge is 2.18.